The maximum atomic E-state index is 13.7. The summed E-state index contributed by atoms with van der Waals surface area (Å²) in [6, 6.07) is 2.79. The van der Waals surface area contributed by atoms with Crippen LogP contribution >= 0.6 is 0 Å². The van der Waals surface area contributed by atoms with Crippen LogP contribution in [0, 0.1) is 12.7 Å². The molecule has 2 rings (SSSR count). The number of ether oxygens (including phenoxy) is 1. The minimum Gasteiger partial charge on any atom is -0.491 e. The zero-order valence-corrected chi connectivity index (χ0v) is 10.8. The second kappa shape index (κ2) is 4.80. The van der Waals surface area contributed by atoms with Gasteiger partial charge in [-0.1, -0.05) is 6.92 Å². The van der Waals surface area contributed by atoms with Gasteiger partial charge < -0.3 is 9.72 Å². The highest BCUT2D eigenvalue weighted by atomic mass is 19.1. The first-order valence-electron chi connectivity index (χ1n) is 6.06. The Balaban J connectivity index is 2.79. The van der Waals surface area contributed by atoms with E-state index in [1.165, 1.54) is 12.1 Å². The maximum Gasteiger partial charge on any atom is 0.192 e. The van der Waals surface area contributed by atoms with Crippen molar-refractivity contribution in [2.24, 2.45) is 0 Å². The zero-order valence-electron chi connectivity index (χ0n) is 10.8. The van der Waals surface area contributed by atoms with Crippen LogP contribution < -0.4 is 10.2 Å². The summed E-state index contributed by atoms with van der Waals surface area (Å²) in [5.74, 6) is -0.329. The van der Waals surface area contributed by atoms with E-state index in [1.807, 2.05) is 13.8 Å². The van der Waals surface area contributed by atoms with Crippen LogP contribution in [0.3, 0.4) is 0 Å². The van der Waals surface area contributed by atoms with Crippen molar-refractivity contribution in [3.8, 4) is 5.75 Å². The number of fused-ring (bicyclic) bond motifs is 1. The van der Waals surface area contributed by atoms with Crippen molar-refractivity contribution in [1.82, 2.24) is 4.98 Å². The predicted molar refractivity (Wildman–Crippen MR) is 69.8 cm³/mol. The molecule has 1 aromatic carbocycles. The van der Waals surface area contributed by atoms with E-state index in [0.717, 1.165) is 11.3 Å². The molecule has 96 valence electrons. The smallest absolute Gasteiger partial charge is 0.192 e. The molecule has 0 fully saturated rings. The number of halogens is 1. The van der Waals surface area contributed by atoms with Crippen molar-refractivity contribution in [3.05, 3.63) is 39.4 Å². The van der Waals surface area contributed by atoms with Gasteiger partial charge in [-0.15, -0.1) is 0 Å². The highest BCUT2D eigenvalue weighted by molar-refractivity contribution is 5.81. The van der Waals surface area contributed by atoms with Crippen LogP contribution in [0.25, 0.3) is 10.9 Å². The highest BCUT2D eigenvalue weighted by Crippen LogP contribution is 2.23. The number of hydrogen-bond donors (Lipinski definition) is 1. The van der Waals surface area contributed by atoms with Gasteiger partial charge in [0.05, 0.1) is 12.1 Å². The minimum absolute atomic E-state index is 0.0512. The van der Waals surface area contributed by atoms with Crippen molar-refractivity contribution < 1.29 is 9.13 Å². The van der Waals surface area contributed by atoms with Crippen molar-refractivity contribution in [3.63, 3.8) is 0 Å². The summed E-state index contributed by atoms with van der Waals surface area (Å²) in [6.07, 6.45) is 0.651. The molecule has 0 aliphatic heterocycles. The van der Waals surface area contributed by atoms with Gasteiger partial charge in [0, 0.05) is 22.7 Å². The fraction of sp³-hybridized carbons (Fsp3) is 0.357. The van der Waals surface area contributed by atoms with E-state index < -0.39 is 5.82 Å². The maximum absolute atomic E-state index is 13.7. The van der Waals surface area contributed by atoms with Crippen LogP contribution in [-0.4, -0.2) is 11.6 Å². The first kappa shape index (κ1) is 12.6. The molecular formula is C14H16FNO2. The van der Waals surface area contributed by atoms with E-state index in [9.17, 15) is 9.18 Å². The third-order valence-corrected chi connectivity index (χ3v) is 3.02. The number of benzene rings is 1. The average Bonchev–Trinajstić information content (AvgIpc) is 2.32. The number of aromatic amines is 1. The lowest BCUT2D eigenvalue weighted by Gasteiger charge is -2.09. The van der Waals surface area contributed by atoms with E-state index in [-0.39, 0.29) is 11.2 Å². The van der Waals surface area contributed by atoms with Crippen LogP contribution in [0.1, 0.15) is 25.1 Å². The molecule has 3 nitrogen and oxygen atoms in total. The second-order valence-corrected chi connectivity index (χ2v) is 4.17. The first-order chi connectivity index (χ1) is 8.58. The number of nitrogens with one attached hydrogen (secondary N) is 1. The molecule has 0 saturated heterocycles. The Labute approximate surface area is 105 Å². The number of pyridine rings is 1. The van der Waals surface area contributed by atoms with Gasteiger partial charge in [-0.25, -0.2) is 4.39 Å². The van der Waals surface area contributed by atoms with Crippen LogP contribution in [0.2, 0.25) is 0 Å². The number of H-pyrrole nitrogens is 1. The van der Waals surface area contributed by atoms with E-state index in [4.69, 9.17) is 4.74 Å². The third kappa shape index (κ3) is 1.98. The normalized spacial score (nSPS) is 10.9. The molecule has 1 heterocycles. The van der Waals surface area contributed by atoms with Crippen LogP contribution in [-0.2, 0) is 6.42 Å². The van der Waals surface area contributed by atoms with Gasteiger partial charge in [0.2, 0.25) is 0 Å². The van der Waals surface area contributed by atoms with Gasteiger partial charge in [-0.3, -0.25) is 4.79 Å². The van der Waals surface area contributed by atoms with Gasteiger partial charge in [-0.2, -0.15) is 0 Å². The Kier molecular flexibility index (Phi) is 3.36. The molecule has 1 aromatic heterocycles. The fourth-order valence-corrected chi connectivity index (χ4v) is 2.15. The summed E-state index contributed by atoms with van der Waals surface area (Å²) < 4.78 is 18.9. The number of rotatable bonds is 3. The van der Waals surface area contributed by atoms with Crippen molar-refractivity contribution in [1.29, 1.82) is 0 Å². The van der Waals surface area contributed by atoms with Crippen molar-refractivity contribution in [2.75, 3.05) is 6.61 Å². The number of aryl methyl sites for hydroxylation is 1. The van der Waals surface area contributed by atoms with Gasteiger partial charge in [0.15, 0.2) is 17.0 Å². The quantitative estimate of drug-likeness (QED) is 0.908. The molecule has 0 amide bonds. The lowest BCUT2D eigenvalue weighted by atomic mass is 10.1. The lowest BCUT2D eigenvalue weighted by Crippen LogP contribution is -2.13. The second-order valence-electron chi connectivity index (χ2n) is 4.17. The number of hydrogen-bond acceptors (Lipinski definition) is 2. The summed E-state index contributed by atoms with van der Waals surface area (Å²) in [6.45, 7) is 5.90. The van der Waals surface area contributed by atoms with Crippen LogP contribution in [0.4, 0.5) is 4.39 Å². The topological polar surface area (TPSA) is 42.1 Å². The molecule has 2 aromatic rings. The zero-order chi connectivity index (χ0) is 13.3. The molecule has 0 aliphatic rings. The van der Waals surface area contributed by atoms with Crippen LogP contribution in [0.15, 0.2) is 16.9 Å². The summed E-state index contributed by atoms with van der Waals surface area (Å²) in [4.78, 5) is 15.3. The van der Waals surface area contributed by atoms with Crippen molar-refractivity contribution >= 4 is 10.9 Å². The average molecular weight is 249 g/mol. The Bertz CT molecular complexity index is 646. The minimum atomic E-state index is -0.455. The van der Waals surface area contributed by atoms with E-state index in [2.05, 4.69) is 4.98 Å². The van der Waals surface area contributed by atoms with E-state index in [1.54, 1.807) is 6.92 Å². The first-order valence-corrected chi connectivity index (χ1v) is 6.06. The SMILES string of the molecule is CCOc1cc2c(=O)c(CC)c(C)[nH]c2cc1F. The molecule has 0 spiro atoms. The standard InChI is InChI=1S/C14H16FNO2/c1-4-9-8(3)16-12-7-11(15)13(18-5-2)6-10(12)14(9)17/h6-7H,4-5H2,1-3H3,(H,16,17). The lowest BCUT2D eigenvalue weighted by molar-refractivity contribution is 0.322. The molecule has 0 bridgehead atoms. The Morgan fingerprint density at radius 3 is 2.67 bits per heavy atom. The van der Waals surface area contributed by atoms with Crippen molar-refractivity contribution in [2.45, 2.75) is 27.2 Å². The Morgan fingerprint density at radius 1 is 1.33 bits per heavy atom. The van der Waals surface area contributed by atoms with Gasteiger partial charge in [-0.05, 0) is 26.3 Å². The number of aromatic nitrogens is 1. The van der Waals surface area contributed by atoms with E-state index >= 15 is 0 Å². The van der Waals surface area contributed by atoms with E-state index in [0.29, 0.717) is 23.9 Å². The Morgan fingerprint density at radius 2 is 2.06 bits per heavy atom. The largest absolute Gasteiger partial charge is 0.491 e. The monoisotopic (exact) mass is 249 g/mol. The van der Waals surface area contributed by atoms with Gasteiger partial charge in [0.1, 0.15) is 0 Å². The highest BCUT2D eigenvalue weighted by Gasteiger charge is 2.12. The fourth-order valence-electron chi connectivity index (χ4n) is 2.15. The summed E-state index contributed by atoms with van der Waals surface area (Å²) in [5.41, 5.74) is 1.98. The molecule has 0 radical (unpaired) electrons. The molecule has 0 saturated carbocycles. The molecular weight excluding hydrogens is 233 g/mol. The molecule has 4 heteroatoms. The molecule has 0 atom stereocenters. The molecule has 0 unspecified atom stereocenters. The van der Waals surface area contributed by atoms with Gasteiger partial charge in [0.25, 0.3) is 0 Å². The summed E-state index contributed by atoms with van der Waals surface area (Å²) in [5, 5.41) is 0.474. The molecule has 0 aliphatic carbocycles. The predicted octanol–water partition coefficient (Wildman–Crippen LogP) is 2.94. The van der Waals surface area contributed by atoms with Gasteiger partial charge >= 0.3 is 0 Å². The summed E-state index contributed by atoms with van der Waals surface area (Å²) in [7, 11) is 0. The third-order valence-electron chi connectivity index (χ3n) is 3.02. The molecule has 1 N–H and O–H groups in total. The summed E-state index contributed by atoms with van der Waals surface area (Å²) >= 11 is 0. The Hall–Kier alpha value is -1.84. The molecule has 18 heavy (non-hydrogen) atoms. The van der Waals surface area contributed by atoms with Crippen LogP contribution in [0.5, 0.6) is 5.75 Å².